The number of para-hydroxylation sites is 1. The Labute approximate surface area is 204 Å². The number of carbonyl (C=O) groups is 2. The number of ether oxygens (including phenoxy) is 4. The first kappa shape index (κ1) is 22.3. The number of fused-ring (bicyclic) bond motifs is 5. The highest BCUT2D eigenvalue weighted by Gasteiger charge is 2.89. The van der Waals surface area contributed by atoms with Crippen LogP contribution in [0, 0.1) is 10.8 Å². The maximum absolute atomic E-state index is 14.1. The van der Waals surface area contributed by atoms with Crippen molar-refractivity contribution in [2.45, 2.75) is 37.0 Å². The van der Waals surface area contributed by atoms with Crippen LogP contribution in [0.15, 0.2) is 66.2 Å². The Kier molecular flexibility index (Phi) is 4.58. The summed E-state index contributed by atoms with van der Waals surface area (Å²) in [6.45, 7) is 4.81. The maximum Gasteiger partial charge on any atom is 0.334 e. The first-order chi connectivity index (χ1) is 16.8. The van der Waals surface area contributed by atoms with Gasteiger partial charge in [0.25, 0.3) is 0 Å². The smallest absolute Gasteiger partial charge is 0.334 e. The highest BCUT2D eigenvalue weighted by atomic mass is 16.7. The zero-order valence-electron chi connectivity index (χ0n) is 20.3. The average Bonchev–Trinajstić information content (AvgIpc) is 3.45. The van der Waals surface area contributed by atoms with E-state index in [0.717, 1.165) is 16.8 Å². The lowest BCUT2D eigenvalue weighted by Gasteiger charge is -2.52. The van der Waals surface area contributed by atoms with E-state index in [2.05, 4.69) is 25.2 Å². The largest absolute Gasteiger partial charge is 0.468 e. The second kappa shape index (κ2) is 7.18. The summed E-state index contributed by atoms with van der Waals surface area (Å²) < 4.78 is 24.2. The molecule has 7 nitrogen and oxygen atoms in total. The lowest BCUT2D eigenvalue weighted by atomic mass is 9.66. The highest BCUT2D eigenvalue weighted by molar-refractivity contribution is 6.04. The molecule has 35 heavy (non-hydrogen) atoms. The van der Waals surface area contributed by atoms with Crippen molar-refractivity contribution in [2.75, 3.05) is 32.8 Å². The Morgan fingerprint density at radius 3 is 2.26 bits per heavy atom. The van der Waals surface area contributed by atoms with Gasteiger partial charge in [-0.1, -0.05) is 68.5 Å². The molecule has 0 aromatic heterocycles. The van der Waals surface area contributed by atoms with Gasteiger partial charge in [0.2, 0.25) is 5.79 Å². The summed E-state index contributed by atoms with van der Waals surface area (Å²) in [6.07, 6.45) is 1.87. The first-order valence-corrected chi connectivity index (χ1v) is 11.9. The summed E-state index contributed by atoms with van der Waals surface area (Å²) in [5, 5.41) is 3.57. The van der Waals surface area contributed by atoms with E-state index in [1.807, 2.05) is 54.6 Å². The molecule has 2 aromatic rings. The molecule has 182 valence electrons. The van der Waals surface area contributed by atoms with Gasteiger partial charge >= 0.3 is 11.9 Å². The zero-order valence-corrected chi connectivity index (χ0v) is 20.3. The summed E-state index contributed by atoms with van der Waals surface area (Å²) in [4.78, 5) is 27.4. The molecule has 4 aliphatic rings. The van der Waals surface area contributed by atoms with E-state index in [1.165, 1.54) is 14.2 Å². The Morgan fingerprint density at radius 1 is 0.943 bits per heavy atom. The van der Waals surface area contributed by atoms with E-state index in [9.17, 15) is 9.59 Å². The van der Waals surface area contributed by atoms with E-state index >= 15 is 0 Å². The predicted molar refractivity (Wildman–Crippen MR) is 128 cm³/mol. The number of rotatable bonds is 3. The van der Waals surface area contributed by atoms with Gasteiger partial charge in [0.05, 0.1) is 44.5 Å². The van der Waals surface area contributed by atoms with Crippen LogP contribution >= 0.6 is 0 Å². The third-order valence-electron chi connectivity index (χ3n) is 8.25. The number of hydrogen-bond acceptors (Lipinski definition) is 7. The molecule has 2 aromatic carbocycles. The van der Waals surface area contributed by atoms with Crippen molar-refractivity contribution in [3.63, 3.8) is 0 Å². The van der Waals surface area contributed by atoms with Crippen LogP contribution in [0.25, 0.3) is 0 Å². The summed E-state index contributed by atoms with van der Waals surface area (Å²) in [6, 6.07) is 17.3. The molecule has 1 saturated heterocycles. The van der Waals surface area contributed by atoms with Gasteiger partial charge in [0.1, 0.15) is 0 Å². The first-order valence-electron chi connectivity index (χ1n) is 11.9. The summed E-state index contributed by atoms with van der Waals surface area (Å²) >= 11 is 0. The van der Waals surface area contributed by atoms with Gasteiger partial charge in [-0.25, -0.2) is 4.79 Å². The number of nitrogens with one attached hydrogen (secondary N) is 1. The normalized spacial score (nSPS) is 32.9. The number of benzene rings is 2. The molecule has 0 unspecified atom stereocenters. The summed E-state index contributed by atoms with van der Waals surface area (Å²) in [7, 11) is 2.66. The van der Waals surface area contributed by atoms with Gasteiger partial charge in [0.15, 0.2) is 5.41 Å². The SMILES string of the molecule is COC(=O)C1=C[C@]2(c3ccccc3)[C@@H]3c4ccccc4N[C@@H]3[C@@]1(C(=O)OC)C21OCC(C)(C)CO1. The van der Waals surface area contributed by atoms with Crippen LogP contribution in [0.4, 0.5) is 5.69 Å². The Bertz CT molecular complexity index is 1240. The Morgan fingerprint density at radius 2 is 1.60 bits per heavy atom. The van der Waals surface area contributed by atoms with Crippen LogP contribution in [0.1, 0.15) is 30.9 Å². The third kappa shape index (κ3) is 2.43. The van der Waals surface area contributed by atoms with Crippen molar-refractivity contribution in [3.05, 3.63) is 77.4 Å². The van der Waals surface area contributed by atoms with E-state index in [-0.39, 0.29) is 16.9 Å². The molecule has 0 amide bonds. The van der Waals surface area contributed by atoms with Crippen molar-refractivity contribution < 1.29 is 28.5 Å². The molecule has 2 aliphatic carbocycles. The molecule has 7 heteroatoms. The fourth-order valence-electron chi connectivity index (χ4n) is 6.98. The van der Waals surface area contributed by atoms with Crippen LogP contribution in [0.3, 0.4) is 0 Å². The van der Waals surface area contributed by atoms with E-state index in [4.69, 9.17) is 18.9 Å². The number of esters is 2. The quantitative estimate of drug-likeness (QED) is 0.680. The number of carbonyl (C=O) groups excluding carboxylic acids is 2. The second-order valence-electron chi connectivity index (χ2n) is 10.6. The fraction of sp³-hybridized carbons (Fsp3) is 0.429. The number of hydrogen-bond donors (Lipinski definition) is 1. The average molecular weight is 476 g/mol. The van der Waals surface area contributed by atoms with Crippen LogP contribution in [-0.2, 0) is 34.0 Å². The van der Waals surface area contributed by atoms with E-state index in [1.54, 1.807) is 0 Å². The second-order valence-corrected chi connectivity index (χ2v) is 10.6. The van der Waals surface area contributed by atoms with Crippen LogP contribution in [-0.4, -0.2) is 51.2 Å². The molecule has 2 heterocycles. The zero-order chi connectivity index (χ0) is 24.6. The molecule has 1 saturated carbocycles. The van der Waals surface area contributed by atoms with Gasteiger partial charge in [-0.05, 0) is 17.2 Å². The number of anilines is 1. The van der Waals surface area contributed by atoms with Crippen LogP contribution in [0.5, 0.6) is 0 Å². The highest BCUT2D eigenvalue weighted by Crippen LogP contribution is 2.77. The lowest BCUT2D eigenvalue weighted by molar-refractivity contribution is -0.341. The third-order valence-corrected chi connectivity index (χ3v) is 8.25. The lowest BCUT2D eigenvalue weighted by Crippen LogP contribution is -2.66. The van der Waals surface area contributed by atoms with Crippen molar-refractivity contribution >= 4 is 17.6 Å². The summed E-state index contributed by atoms with van der Waals surface area (Å²) in [5.41, 5.74) is 0.214. The predicted octanol–water partition coefficient (Wildman–Crippen LogP) is 3.56. The molecule has 2 fully saturated rings. The van der Waals surface area contributed by atoms with Gasteiger partial charge < -0.3 is 24.3 Å². The molecule has 2 aliphatic heterocycles. The van der Waals surface area contributed by atoms with Crippen LogP contribution < -0.4 is 5.32 Å². The van der Waals surface area contributed by atoms with Crippen molar-refractivity contribution in [1.82, 2.24) is 0 Å². The monoisotopic (exact) mass is 475 g/mol. The molecule has 6 rings (SSSR count). The number of methoxy groups -OCH3 is 2. The molecule has 4 atom stereocenters. The standard InChI is InChI=1S/C28H29NO6/c1-25(2)15-34-28(35-16-25)26(17-10-6-5-7-11-17)14-19(23(30)32-3)27(28,24(31)33-4)22-21(26)18-12-8-9-13-20(18)29-22/h5-14,21-22,29H,15-16H2,1-4H3/t21-,22+,26+,27+/m1/s1. The molecule has 2 bridgehead atoms. The minimum atomic E-state index is -1.59. The fourth-order valence-corrected chi connectivity index (χ4v) is 6.98. The summed E-state index contributed by atoms with van der Waals surface area (Å²) in [5.74, 6) is -2.95. The van der Waals surface area contributed by atoms with E-state index in [0.29, 0.717) is 13.2 Å². The molecule has 1 spiro atoms. The maximum atomic E-state index is 14.1. The van der Waals surface area contributed by atoms with Gasteiger partial charge in [0, 0.05) is 17.0 Å². The minimum absolute atomic E-state index is 0.206. The van der Waals surface area contributed by atoms with Gasteiger partial charge in [-0.2, -0.15) is 0 Å². The van der Waals surface area contributed by atoms with Crippen molar-refractivity contribution in [1.29, 1.82) is 0 Å². The molecular weight excluding hydrogens is 446 g/mol. The topological polar surface area (TPSA) is 83.1 Å². The molecule has 1 N–H and O–H groups in total. The molecule has 0 radical (unpaired) electrons. The van der Waals surface area contributed by atoms with Crippen molar-refractivity contribution in [2.24, 2.45) is 10.8 Å². The van der Waals surface area contributed by atoms with Crippen molar-refractivity contribution in [3.8, 4) is 0 Å². The minimum Gasteiger partial charge on any atom is -0.468 e. The Hall–Kier alpha value is -3.16. The van der Waals surface area contributed by atoms with Crippen LogP contribution in [0.2, 0.25) is 0 Å². The molecular formula is C28H29NO6. The Balaban J connectivity index is 1.74. The van der Waals surface area contributed by atoms with Gasteiger partial charge in [-0.3, -0.25) is 4.79 Å². The van der Waals surface area contributed by atoms with Gasteiger partial charge in [-0.15, -0.1) is 0 Å². The van der Waals surface area contributed by atoms with E-state index < -0.39 is 34.6 Å².